The Hall–Kier alpha value is -0.0400. The van der Waals surface area contributed by atoms with Gasteiger partial charge in [-0.1, -0.05) is 26.2 Å². The molecule has 1 aliphatic carbocycles. The number of nitrogens with one attached hydrogen (secondary N) is 1. The Labute approximate surface area is 75.9 Å². The molecule has 0 aromatic carbocycles. The molecule has 1 heteroatoms. The third kappa shape index (κ3) is 1.39. The summed E-state index contributed by atoms with van der Waals surface area (Å²) in [5, 5.41) is 3.70. The number of hydrogen-bond donors (Lipinski definition) is 1. The molecule has 2 rings (SSSR count). The summed E-state index contributed by atoms with van der Waals surface area (Å²) in [6.45, 7) is 4.66. The van der Waals surface area contributed by atoms with E-state index in [4.69, 9.17) is 0 Å². The van der Waals surface area contributed by atoms with E-state index in [0.717, 1.165) is 23.9 Å². The molecule has 0 aromatic heterocycles. The molecular formula is C11H21N. The number of rotatable bonds is 2. The quantitative estimate of drug-likeness (QED) is 0.666. The lowest BCUT2D eigenvalue weighted by Crippen LogP contribution is -2.34. The van der Waals surface area contributed by atoms with Crippen LogP contribution in [0.3, 0.4) is 0 Å². The van der Waals surface area contributed by atoms with Crippen LogP contribution in [0.1, 0.15) is 46.0 Å². The first-order valence-corrected chi connectivity index (χ1v) is 5.57. The summed E-state index contributed by atoms with van der Waals surface area (Å²) >= 11 is 0. The second kappa shape index (κ2) is 3.37. The van der Waals surface area contributed by atoms with Gasteiger partial charge in [0.15, 0.2) is 0 Å². The van der Waals surface area contributed by atoms with Gasteiger partial charge in [0.25, 0.3) is 0 Å². The van der Waals surface area contributed by atoms with Crippen molar-refractivity contribution in [3.8, 4) is 0 Å². The Morgan fingerprint density at radius 1 is 1.33 bits per heavy atom. The van der Waals surface area contributed by atoms with E-state index in [-0.39, 0.29) is 0 Å². The Balaban J connectivity index is 1.93. The van der Waals surface area contributed by atoms with Crippen molar-refractivity contribution < 1.29 is 0 Å². The van der Waals surface area contributed by atoms with Gasteiger partial charge in [0.1, 0.15) is 0 Å². The maximum Gasteiger partial charge on any atom is 0.00984 e. The largest absolute Gasteiger partial charge is 0.311 e. The lowest BCUT2D eigenvalue weighted by atomic mass is 9.72. The maximum atomic E-state index is 3.70. The molecule has 0 spiro atoms. The Morgan fingerprint density at radius 2 is 2.08 bits per heavy atom. The van der Waals surface area contributed by atoms with E-state index in [1.165, 1.54) is 32.1 Å². The smallest absolute Gasteiger partial charge is 0.00984 e. The Bertz CT molecular complexity index is 151. The highest BCUT2D eigenvalue weighted by Gasteiger charge is 2.37. The summed E-state index contributed by atoms with van der Waals surface area (Å²) in [4.78, 5) is 0. The summed E-state index contributed by atoms with van der Waals surface area (Å²) < 4.78 is 0. The topological polar surface area (TPSA) is 12.0 Å². The van der Waals surface area contributed by atoms with Gasteiger partial charge < -0.3 is 5.32 Å². The van der Waals surface area contributed by atoms with Crippen LogP contribution in [-0.4, -0.2) is 12.1 Å². The zero-order valence-corrected chi connectivity index (χ0v) is 8.34. The lowest BCUT2D eigenvalue weighted by molar-refractivity contribution is 0.187. The van der Waals surface area contributed by atoms with Gasteiger partial charge in [-0.05, 0) is 31.6 Å². The van der Waals surface area contributed by atoms with Crippen LogP contribution in [0.25, 0.3) is 0 Å². The van der Waals surface area contributed by atoms with Gasteiger partial charge in [-0.25, -0.2) is 0 Å². The average Bonchev–Trinajstić information content (AvgIpc) is 2.27. The molecule has 1 saturated carbocycles. The lowest BCUT2D eigenvalue weighted by Gasteiger charge is -2.34. The van der Waals surface area contributed by atoms with E-state index in [2.05, 4.69) is 19.2 Å². The first kappa shape index (κ1) is 8.55. The Morgan fingerprint density at radius 3 is 2.58 bits per heavy atom. The van der Waals surface area contributed by atoms with Crippen molar-refractivity contribution in [2.75, 3.05) is 0 Å². The fraction of sp³-hybridized carbons (Fsp3) is 1.00. The summed E-state index contributed by atoms with van der Waals surface area (Å²) in [6.07, 6.45) is 7.27. The molecule has 2 fully saturated rings. The second-order valence-corrected chi connectivity index (χ2v) is 4.67. The SMILES string of the molecule is CCC1NC(C)CC1C1CCC1. The van der Waals surface area contributed by atoms with Gasteiger partial charge in [0.2, 0.25) is 0 Å². The molecule has 0 amide bonds. The van der Waals surface area contributed by atoms with Crippen molar-refractivity contribution in [3.05, 3.63) is 0 Å². The molecule has 1 N–H and O–H groups in total. The number of hydrogen-bond acceptors (Lipinski definition) is 1. The molecular weight excluding hydrogens is 146 g/mol. The maximum absolute atomic E-state index is 3.70. The van der Waals surface area contributed by atoms with Gasteiger partial charge in [0, 0.05) is 12.1 Å². The molecule has 0 aromatic rings. The van der Waals surface area contributed by atoms with Gasteiger partial charge in [-0.2, -0.15) is 0 Å². The van der Waals surface area contributed by atoms with Crippen LogP contribution in [0.4, 0.5) is 0 Å². The first-order valence-electron chi connectivity index (χ1n) is 5.57. The fourth-order valence-electron chi connectivity index (χ4n) is 2.94. The zero-order valence-electron chi connectivity index (χ0n) is 8.34. The average molecular weight is 167 g/mol. The predicted octanol–water partition coefficient (Wildman–Crippen LogP) is 2.56. The predicted molar refractivity (Wildman–Crippen MR) is 52.1 cm³/mol. The van der Waals surface area contributed by atoms with Crippen LogP contribution in [0.5, 0.6) is 0 Å². The molecule has 1 saturated heterocycles. The molecule has 0 bridgehead atoms. The van der Waals surface area contributed by atoms with Gasteiger partial charge >= 0.3 is 0 Å². The highest BCUT2D eigenvalue weighted by Crippen LogP contribution is 2.40. The van der Waals surface area contributed by atoms with Gasteiger partial charge in [-0.3, -0.25) is 0 Å². The third-order valence-corrected chi connectivity index (χ3v) is 3.84. The van der Waals surface area contributed by atoms with Crippen molar-refractivity contribution in [2.45, 2.75) is 58.0 Å². The van der Waals surface area contributed by atoms with E-state index < -0.39 is 0 Å². The molecule has 70 valence electrons. The molecule has 12 heavy (non-hydrogen) atoms. The second-order valence-electron chi connectivity index (χ2n) is 4.67. The van der Waals surface area contributed by atoms with Crippen LogP contribution in [0.2, 0.25) is 0 Å². The van der Waals surface area contributed by atoms with E-state index in [1.54, 1.807) is 0 Å². The van der Waals surface area contributed by atoms with Crippen molar-refractivity contribution in [2.24, 2.45) is 11.8 Å². The van der Waals surface area contributed by atoms with E-state index >= 15 is 0 Å². The van der Waals surface area contributed by atoms with Crippen molar-refractivity contribution >= 4 is 0 Å². The monoisotopic (exact) mass is 167 g/mol. The normalized spacial score (nSPS) is 43.0. The van der Waals surface area contributed by atoms with Crippen LogP contribution >= 0.6 is 0 Å². The molecule has 2 aliphatic rings. The highest BCUT2D eigenvalue weighted by molar-refractivity contribution is 4.93. The Kier molecular flexibility index (Phi) is 2.40. The van der Waals surface area contributed by atoms with Crippen molar-refractivity contribution in [3.63, 3.8) is 0 Å². The van der Waals surface area contributed by atoms with E-state index in [0.29, 0.717) is 0 Å². The van der Waals surface area contributed by atoms with Crippen LogP contribution < -0.4 is 5.32 Å². The molecule has 3 atom stereocenters. The minimum absolute atomic E-state index is 0.778. The molecule has 0 radical (unpaired) electrons. The third-order valence-electron chi connectivity index (χ3n) is 3.84. The van der Waals surface area contributed by atoms with Gasteiger partial charge in [-0.15, -0.1) is 0 Å². The highest BCUT2D eigenvalue weighted by atomic mass is 15.0. The summed E-state index contributed by atoms with van der Waals surface area (Å²) in [6, 6.07) is 1.62. The minimum atomic E-state index is 0.778. The van der Waals surface area contributed by atoms with E-state index in [9.17, 15) is 0 Å². The summed E-state index contributed by atoms with van der Waals surface area (Å²) in [5.74, 6) is 2.09. The molecule has 1 heterocycles. The van der Waals surface area contributed by atoms with Crippen molar-refractivity contribution in [1.29, 1.82) is 0 Å². The minimum Gasteiger partial charge on any atom is -0.311 e. The zero-order chi connectivity index (χ0) is 8.55. The van der Waals surface area contributed by atoms with E-state index in [1.807, 2.05) is 0 Å². The molecule has 1 nitrogen and oxygen atoms in total. The summed E-state index contributed by atoms with van der Waals surface area (Å²) in [7, 11) is 0. The first-order chi connectivity index (χ1) is 5.81. The van der Waals surface area contributed by atoms with Crippen molar-refractivity contribution in [1.82, 2.24) is 5.32 Å². The summed E-state index contributed by atoms with van der Waals surface area (Å²) in [5.41, 5.74) is 0. The molecule has 1 aliphatic heterocycles. The van der Waals surface area contributed by atoms with Crippen LogP contribution in [-0.2, 0) is 0 Å². The van der Waals surface area contributed by atoms with Gasteiger partial charge in [0.05, 0.1) is 0 Å². The fourth-order valence-corrected chi connectivity index (χ4v) is 2.94. The van der Waals surface area contributed by atoms with Crippen LogP contribution in [0.15, 0.2) is 0 Å². The standard InChI is InChI=1S/C11H21N/c1-3-11-10(7-8(2)12-11)9-5-4-6-9/h8-12H,3-7H2,1-2H3. The molecule has 3 unspecified atom stereocenters. The van der Waals surface area contributed by atoms with Crippen LogP contribution in [0, 0.1) is 11.8 Å².